The average Bonchev–Trinajstić information content (AvgIpc) is 2.68. The molecule has 0 amide bonds. The van der Waals surface area contributed by atoms with Gasteiger partial charge in [-0.1, -0.05) is 40.0 Å². The molecule has 0 aromatic rings. The lowest BCUT2D eigenvalue weighted by Crippen LogP contribution is -2.17. The van der Waals surface area contributed by atoms with Crippen LogP contribution in [0.3, 0.4) is 0 Å². The van der Waals surface area contributed by atoms with Gasteiger partial charge in [-0.2, -0.15) is 0 Å². The van der Waals surface area contributed by atoms with Gasteiger partial charge in [0.25, 0.3) is 0 Å². The Balaban J connectivity index is 1.96. The van der Waals surface area contributed by atoms with Crippen molar-refractivity contribution in [3.63, 3.8) is 0 Å². The SMILES string of the molecule is CC1CCCC(C2C(CN)C2(C)C)C1. The van der Waals surface area contributed by atoms with Gasteiger partial charge in [0.1, 0.15) is 0 Å². The van der Waals surface area contributed by atoms with Crippen molar-refractivity contribution >= 4 is 0 Å². The minimum Gasteiger partial charge on any atom is -0.330 e. The van der Waals surface area contributed by atoms with Gasteiger partial charge in [0.05, 0.1) is 0 Å². The minimum atomic E-state index is 0.552. The lowest BCUT2D eigenvalue weighted by Gasteiger charge is -2.28. The van der Waals surface area contributed by atoms with Crippen LogP contribution < -0.4 is 5.73 Å². The largest absolute Gasteiger partial charge is 0.330 e. The third kappa shape index (κ3) is 1.60. The van der Waals surface area contributed by atoms with E-state index < -0.39 is 0 Å². The van der Waals surface area contributed by atoms with Crippen molar-refractivity contribution in [2.24, 2.45) is 34.8 Å². The van der Waals surface area contributed by atoms with Crippen molar-refractivity contribution in [1.29, 1.82) is 0 Å². The Morgan fingerprint density at radius 2 is 2.00 bits per heavy atom. The first-order chi connectivity index (χ1) is 6.57. The van der Waals surface area contributed by atoms with Gasteiger partial charge in [-0.15, -0.1) is 0 Å². The fourth-order valence-corrected chi connectivity index (χ4v) is 3.98. The molecule has 0 aliphatic heterocycles. The topological polar surface area (TPSA) is 26.0 Å². The van der Waals surface area contributed by atoms with E-state index in [1.54, 1.807) is 0 Å². The smallest absolute Gasteiger partial charge is 0.00407 e. The highest BCUT2D eigenvalue weighted by atomic mass is 14.7. The normalized spacial score (nSPS) is 46.3. The van der Waals surface area contributed by atoms with E-state index in [2.05, 4.69) is 20.8 Å². The summed E-state index contributed by atoms with van der Waals surface area (Å²) in [6, 6.07) is 0. The summed E-state index contributed by atoms with van der Waals surface area (Å²) < 4.78 is 0. The quantitative estimate of drug-likeness (QED) is 0.720. The van der Waals surface area contributed by atoms with Gasteiger partial charge < -0.3 is 5.73 Å². The molecule has 0 aromatic heterocycles. The standard InChI is InChI=1S/C13H25N/c1-9-5-4-6-10(7-9)12-11(8-14)13(12,2)3/h9-12H,4-8,14H2,1-3H3. The summed E-state index contributed by atoms with van der Waals surface area (Å²) in [4.78, 5) is 0. The van der Waals surface area contributed by atoms with Crippen molar-refractivity contribution in [1.82, 2.24) is 0 Å². The molecule has 2 N–H and O–H groups in total. The maximum Gasteiger partial charge on any atom is -0.00407 e. The highest BCUT2D eigenvalue weighted by molar-refractivity contribution is 5.08. The zero-order valence-electron chi connectivity index (χ0n) is 9.92. The van der Waals surface area contributed by atoms with Crippen LogP contribution in [0.2, 0.25) is 0 Å². The van der Waals surface area contributed by atoms with Gasteiger partial charge >= 0.3 is 0 Å². The molecule has 2 fully saturated rings. The molecular formula is C13H25N. The Hall–Kier alpha value is -0.0400. The van der Waals surface area contributed by atoms with E-state index in [1.165, 1.54) is 25.7 Å². The van der Waals surface area contributed by atoms with Crippen molar-refractivity contribution in [3.8, 4) is 0 Å². The van der Waals surface area contributed by atoms with Crippen LogP contribution in [0.4, 0.5) is 0 Å². The van der Waals surface area contributed by atoms with Crippen LogP contribution in [-0.2, 0) is 0 Å². The first kappa shape index (κ1) is 10.5. The lowest BCUT2D eigenvalue weighted by atomic mass is 9.78. The average molecular weight is 195 g/mol. The summed E-state index contributed by atoms with van der Waals surface area (Å²) >= 11 is 0. The summed E-state index contributed by atoms with van der Waals surface area (Å²) in [5.41, 5.74) is 6.39. The molecule has 0 heterocycles. The summed E-state index contributed by atoms with van der Waals surface area (Å²) in [7, 11) is 0. The van der Waals surface area contributed by atoms with E-state index in [0.29, 0.717) is 5.41 Å². The van der Waals surface area contributed by atoms with Crippen molar-refractivity contribution < 1.29 is 0 Å². The van der Waals surface area contributed by atoms with Crippen LogP contribution in [-0.4, -0.2) is 6.54 Å². The van der Waals surface area contributed by atoms with Gasteiger partial charge in [-0.05, 0) is 42.1 Å². The molecule has 1 heteroatoms. The van der Waals surface area contributed by atoms with Crippen molar-refractivity contribution in [2.75, 3.05) is 6.54 Å². The van der Waals surface area contributed by atoms with E-state index in [4.69, 9.17) is 5.73 Å². The molecule has 1 nitrogen and oxygen atoms in total. The van der Waals surface area contributed by atoms with Crippen LogP contribution in [0.1, 0.15) is 46.5 Å². The Morgan fingerprint density at radius 3 is 2.50 bits per heavy atom. The second-order valence-corrected chi connectivity index (χ2v) is 6.22. The highest BCUT2D eigenvalue weighted by Gasteiger charge is 2.59. The van der Waals surface area contributed by atoms with Gasteiger partial charge in [-0.3, -0.25) is 0 Å². The zero-order chi connectivity index (χ0) is 10.3. The van der Waals surface area contributed by atoms with Crippen LogP contribution in [0.5, 0.6) is 0 Å². The van der Waals surface area contributed by atoms with E-state index in [0.717, 1.165) is 30.2 Å². The van der Waals surface area contributed by atoms with Crippen LogP contribution in [0.15, 0.2) is 0 Å². The number of hydrogen-bond donors (Lipinski definition) is 1. The fourth-order valence-electron chi connectivity index (χ4n) is 3.98. The molecule has 0 radical (unpaired) electrons. The Bertz CT molecular complexity index is 209. The molecule has 2 saturated carbocycles. The second-order valence-electron chi connectivity index (χ2n) is 6.22. The summed E-state index contributed by atoms with van der Waals surface area (Å²) in [5.74, 6) is 3.71. The fraction of sp³-hybridized carbons (Fsp3) is 1.00. The Kier molecular flexibility index (Phi) is 2.63. The van der Waals surface area contributed by atoms with Gasteiger partial charge in [-0.25, -0.2) is 0 Å². The van der Waals surface area contributed by atoms with Crippen molar-refractivity contribution in [3.05, 3.63) is 0 Å². The third-order valence-corrected chi connectivity index (χ3v) is 4.88. The maximum atomic E-state index is 5.84. The molecule has 0 spiro atoms. The van der Waals surface area contributed by atoms with E-state index in [9.17, 15) is 0 Å². The molecule has 2 aliphatic rings. The first-order valence-electron chi connectivity index (χ1n) is 6.27. The molecule has 4 atom stereocenters. The Morgan fingerprint density at radius 1 is 1.29 bits per heavy atom. The van der Waals surface area contributed by atoms with E-state index in [-0.39, 0.29) is 0 Å². The van der Waals surface area contributed by atoms with E-state index >= 15 is 0 Å². The number of hydrogen-bond acceptors (Lipinski definition) is 1. The molecular weight excluding hydrogens is 170 g/mol. The number of rotatable bonds is 2. The van der Waals surface area contributed by atoms with Crippen molar-refractivity contribution in [2.45, 2.75) is 46.5 Å². The molecule has 2 rings (SSSR count). The highest BCUT2D eigenvalue weighted by Crippen LogP contribution is 2.63. The molecule has 0 saturated heterocycles. The Labute approximate surface area is 88.4 Å². The monoisotopic (exact) mass is 195 g/mol. The van der Waals surface area contributed by atoms with Crippen LogP contribution in [0, 0.1) is 29.1 Å². The summed E-state index contributed by atoms with van der Waals surface area (Å²) in [6.45, 7) is 8.14. The van der Waals surface area contributed by atoms with Crippen LogP contribution >= 0.6 is 0 Å². The molecule has 14 heavy (non-hydrogen) atoms. The summed E-state index contributed by atoms with van der Waals surface area (Å²) in [5, 5.41) is 0. The maximum absolute atomic E-state index is 5.84. The van der Waals surface area contributed by atoms with Gasteiger partial charge in [0.2, 0.25) is 0 Å². The lowest BCUT2D eigenvalue weighted by molar-refractivity contribution is 0.234. The summed E-state index contributed by atoms with van der Waals surface area (Å²) in [6.07, 6.45) is 5.84. The zero-order valence-corrected chi connectivity index (χ0v) is 9.92. The van der Waals surface area contributed by atoms with E-state index in [1.807, 2.05) is 0 Å². The predicted octanol–water partition coefficient (Wildman–Crippen LogP) is 3.04. The van der Waals surface area contributed by atoms with Gasteiger partial charge in [0.15, 0.2) is 0 Å². The molecule has 0 aromatic carbocycles. The molecule has 4 unspecified atom stereocenters. The molecule has 82 valence electrons. The second kappa shape index (κ2) is 3.52. The number of nitrogens with two attached hydrogens (primary N) is 1. The van der Waals surface area contributed by atoms with Gasteiger partial charge in [0, 0.05) is 0 Å². The molecule has 0 bridgehead atoms. The third-order valence-electron chi connectivity index (χ3n) is 4.88. The predicted molar refractivity (Wildman–Crippen MR) is 60.9 cm³/mol. The van der Waals surface area contributed by atoms with Crippen LogP contribution in [0.25, 0.3) is 0 Å². The first-order valence-corrected chi connectivity index (χ1v) is 6.27. The minimum absolute atomic E-state index is 0.552. The molecule has 2 aliphatic carbocycles.